The third-order valence-corrected chi connectivity index (χ3v) is 3.19. The molecule has 2 heterocycles. The van der Waals surface area contributed by atoms with Crippen molar-refractivity contribution in [3.05, 3.63) is 11.6 Å². The SMILES string of the molecule is CC(C)NCCCOCc1nnc2n1CCCC2. The molecule has 5 heteroatoms. The van der Waals surface area contributed by atoms with Gasteiger partial charge in [-0.15, -0.1) is 10.2 Å². The molecule has 1 aliphatic rings. The van der Waals surface area contributed by atoms with Crippen LogP contribution in [0.1, 0.15) is 44.8 Å². The van der Waals surface area contributed by atoms with Gasteiger partial charge >= 0.3 is 0 Å². The minimum absolute atomic E-state index is 0.550. The first-order valence-corrected chi connectivity index (χ1v) is 6.99. The fraction of sp³-hybridized carbons (Fsp3) is 0.846. The van der Waals surface area contributed by atoms with Gasteiger partial charge in [0, 0.05) is 25.6 Å². The Kier molecular flexibility index (Phi) is 5.13. The molecule has 0 saturated carbocycles. The summed E-state index contributed by atoms with van der Waals surface area (Å²) >= 11 is 0. The lowest BCUT2D eigenvalue weighted by atomic mass is 10.2. The average molecular weight is 252 g/mol. The van der Waals surface area contributed by atoms with E-state index < -0.39 is 0 Å². The highest BCUT2D eigenvalue weighted by Crippen LogP contribution is 2.14. The summed E-state index contributed by atoms with van der Waals surface area (Å²) in [7, 11) is 0. The van der Waals surface area contributed by atoms with Crippen LogP contribution in [0.25, 0.3) is 0 Å². The maximum atomic E-state index is 5.66. The first kappa shape index (κ1) is 13.5. The zero-order valence-electron chi connectivity index (χ0n) is 11.5. The molecule has 0 amide bonds. The van der Waals surface area contributed by atoms with E-state index in [4.69, 9.17) is 4.74 Å². The van der Waals surface area contributed by atoms with E-state index in [0.717, 1.165) is 44.2 Å². The minimum atomic E-state index is 0.550. The van der Waals surface area contributed by atoms with E-state index in [-0.39, 0.29) is 0 Å². The van der Waals surface area contributed by atoms with Gasteiger partial charge < -0.3 is 14.6 Å². The van der Waals surface area contributed by atoms with E-state index in [1.165, 1.54) is 12.8 Å². The molecule has 18 heavy (non-hydrogen) atoms. The summed E-state index contributed by atoms with van der Waals surface area (Å²) in [5.41, 5.74) is 0. The topological polar surface area (TPSA) is 52.0 Å². The highest BCUT2D eigenvalue weighted by atomic mass is 16.5. The van der Waals surface area contributed by atoms with Crippen molar-refractivity contribution in [3.63, 3.8) is 0 Å². The van der Waals surface area contributed by atoms with Crippen molar-refractivity contribution in [2.75, 3.05) is 13.2 Å². The predicted octanol–water partition coefficient (Wildman–Crippen LogP) is 1.52. The zero-order valence-corrected chi connectivity index (χ0v) is 11.5. The van der Waals surface area contributed by atoms with E-state index in [2.05, 4.69) is 33.9 Å². The second kappa shape index (κ2) is 6.85. The van der Waals surface area contributed by atoms with Gasteiger partial charge in [0.05, 0.1) is 0 Å². The van der Waals surface area contributed by atoms with Crippen molar-refractivity contribution in [3.8, 4) is 0 Å². The summed E-state index contributed by atoms with van der Waals surface area (Å²) in [6.45, 7) is 7.74. The summed E-state index contributed by atoms with van der Waals surface area (Å²) in [5, 5.41) is 11.8. The van der Waals surface area contributed by atoms with E-state index in [0.29, 0.717) is 12.6 Å². The third-order valence-electron chi connectivity index (χ3n) is 3.19. The first-order chi connectivity index (χ1) is 8.77. The van der Waals surface area contributed by atoms with Crippen LogP contribution < -0.4 is 5.32 Å². The molecule has 0 aliphatic carbocycles. The van der Waals surface area contributed by atoms with Gasteiger partial charge in [0.2, 0.25) is 0 Å². The molecule has 0 radical (unpaired) electrons. The molecule has 2 rings (SSSR count). The maximum Gasteiger partial charge on any atom is 0.159 e. The van der Waals surface area contributed by atoms with Crippen LogP contribution in [-0.4, -0.2) is 34.0 Å². The molecule has 0 saturated heterocycles. The second-order valence-corrected chi connectivity index (χ2v) is 5.16. The Balaban J connectivity index is 1.66. The molecular formula is C13H24N4O. The number of nitrogens with zero attached hydrogens (tertiary/aromatic N) is 3. The average Bonchev–Trinajstić information content (AvgIpc) is 2.77. The molecule has 0 unspecified atom stereocenters. The van der Waals surface area contributed by atoms with Gasteiger partial charge in [-0.2, -0.15) is 0 Å². The van der Waals surface area contributed by atoms with Gasteiger partial charge in [-0.25, -0.2) is 0 Å². The van der Waals surface area contributed by atoms with Crippen LogP contribution in [0, 0.1) is 0 Å². The minimum Gasteiger partial charge on any atom is -0.373 e. The number of aryl methyl sites for hydroxylation is 1. The Bertz CT molecular complexity index is 362. The molecule has 0 spiro atoms. The van der Waals surface area contributed by atoms with Gasteiger partial charge in [0.1, 0.15) is 12.4 Å². The normalized spacial score (nSPS) is 15.1. The van der Waals surface area contributed by atoms with Crippen molar-refractivity contribution in [1.82, 2.24) is 20.1 Å². The fourth-order valence-corrected chi connectivity index (χ4v) is 2.20. The highest BCUT2D eigenvalue weighted by molar-refractivity contribution is 4.97. The van der Waals surface area contributed by atoms with Gasteiger partial charge in [-0.3, -0.25) is 0 Å². The smallest absolute Gasteiger partial charge is 0.159 e. The summed E-state index contributed by atoms with van der Waals surface area (Å²) in [5.74, 6) is 2.11. The quantitative estimate of drug-likeness (QED) is 0.748. The number of ether oxygens (including phenoxy) is 1. The Labute approximate surface area is 109 Å². The largest absolute Gasteiger partial charge is 0.373 e. The maximum absolute atomic E-state index is 5.66. The Morgan fingerprint density at radius 1 is 1.33 bits per heavy atom. The van der Waals surface area contributed by atoms with Gasteiger partial charge in [0.15, 0.2) is 5.82 Å². The van der Waals surface area contributed by atoms with Crippen LogP contribution in [0.15, 0.2) is 0 Å². The third kappa shape index (κ3) is 3.78. The van der Waals surface area contributed by atoms with Crippen molar-refractivity contribution in [1.29, 1.82) is 0 Å². The molecule has 0 aromatic carbocycles. The summed E-state index contributed by atoms with van der Waals surface area (Å²) in [4.78, 5) is 0. The Hall–Kier alpha value is -0.940. The molecular weight excluding hydrogens is 228 g/mol. The van der Waals surface area contributed by atoms with E-state index in [1.807, 2.05) is 0 Å². The summed E-state index contributed by atoms with van der Waals surface area (Å²) < 4.78 is 7.88. The molecule has 0 atom stereocenters. The van der Waals surface area contributed by atoms with Crippen molar-refractivity contribution < 1.29 is 4.74 Å². The lowest BCUT2D eigenvalue weighted by Crippen LogP contribution is -2.24. The lowest BCUT2D eigenvalue weighted by molar-refractivity contribution is 0.109. The molecule has 5 nitrogen and oxygen atoms in total. The van der Waals surface area contributed by atoms with Gasteiger partial charge in [-0.1, -0.05) is 13.8 Å². The molecule has 1 aliphatic heterocycles. The number of aromatic nitrogens is 3. The fourth-order valence-electron chi connectivity index (χ4n) is 2.20. The van der Waals surface area contributed by atoms with Crippen LogP contribution in [0.4, 0.5) is 0 Å². The number of fused-ring (bicyclic) bond motifs is 1. The predicted molar refractivity (Wildman–Crippen MR) is 70.4 cm³/mol. The highest BCUT2D eigenvalue weighted by Gasteiger charge is 2.15. The van der Waals surface area contributed by atoms with E-state index in [1.54, 1.807) is 0 Å². The number of hydrogen-bond donors (Lipinski definition) is 1. The van der Waals surface area contributed by atoms with Crippen LogP contribution in [0.2, 0.25) is 0 Å². The van der Waals surface area contributed by atoms with E-state index >= 15 is 0 Å². The van der Waals surface area contributed by atoms with Crippen molar-refractivity contribution in [2.45, 2.75) is 58.7 Å². The second-order valence-electron chi connectivity index (χ2n) is 5.16. The lowest BCUT2D eigenvalue weighted by Gasteiger charge is -2.14. The molecule has 1 aromatic rings. The van der Waals surface area contributed by atoms with E-state index in [9.17, 15) is 0 Å². The van der Waals surface area contributed by atoms with Crippen molar-refractivity contribution in [2.24, 2.45) is 0 Å². The van der Waals surface area contributed by atoms with Gasteiger partial charge in [0.25, 0.3) is 0 Å². The van der Waals surface area contributed by atoms with Crippen molar-refractivity contribution >= 4 is 0 Å². The van der Waals surface area contributed by atoms with Crippen LogP contribution in [0.5, 0.6) is 0 Å². The summed E-state index contributed by atoms with van der Waals surface area (Å²) in [6, 6.07) is 0.550. The molecule has 102 valence electrons. The molecule has 1 aromatic heterocycles. The first-order valence-electron chi connectivity index (χ1n) is 6.99. The molecule has 1 N–H and O–H groups in total. The number of hydrogen-bond acceptors (Lipinski definition) is 4. The monoisotopic (exact) mass is 252 g/mol. The zero-order chi connectivity index (χ0) is 12.8. The molecule has 0 fully saturated rings. The van der Waals surface area contributed by atoms with Gasteiger partial charge in [-0.05, 0) is 25.8 Å². The molecule has 0 bridgehead atoms. The van der Waals surface area contributed by atoms with Crippen LogP contribution in [-0.2, 0) is 24.3 Å². The summed E-state index contributed by atoms with van der Waals surface area (Å²) in [6.07, 6.45) is 4.57. The Morgan fingerprint density at radius 3 is 3.06 bits per heavy atom. The number of rotatable bonds is 7. The number of nitrogens with one attached hydrogen (secondary N) is 1. The van der Waals surface area contributed by atoms with Crippen LogP contribution in [0.3, 0.4) is 0 Å². The standard InChI is InChI=1S/C13H24N4O/c1-11(2)14-7-5-9-18-10-13-16-15-12-6-3-4-8-17(12)13/h11,14H,3-10H2,1-2H3. The van der Waals surface area contributed by atoms with Crippen LogP contribution >= 0.6 is 0 Å². The Morgan fingerprint density at radius 2 is 2.22 bits per heavy atom.